The summed E-state index contributed by atoms with van der Waals surface area (Å²) >= 11 is 6.10. The van der Waals surface area contributed by atoms with E-state index in [1.54, 1.807) is 60.7 Å². The van der Waals surface area contributed by atoms with Crippen LogP contribution >= 0.6 is 11.6 Å². The first-order valence-corrected chi connectivity index (χ1v) is 15.9. The molecule has 1 N–H and O–H groups in total. The lowest BCUT2D eigenvalue weighted by Gasteiger charge is -2.24. The van der Waals surface area contributed by atoms with Crippen LogP contribution in [0.5, 0.6) is 5.75 Å². The molecular formula is C37H30ClF4NO8. The number of fused-ring (bicyclic) bond motifs is 1. The van der Waals surface area contributed by atoms with Gasteiger partial charge < -0.3 is 19.3 Å². The SMILES string of the molecule is COc1ccc(Cl)cc1C1(F)C(=O)N(COC(=O)C(CCC(=O)O)C(=O)OC(Cc2ccccc2)c2ccccc2)c2cc(C(F)(F)F)ccc21. The van der Waals surface area contributed by atoms with E-state index in [1.165, 1.54) is 19.2 Å². The molecule has 5 rings (SSSR count). The molecule has 9 nitrogen and oxygen atoms in total. The van der Waals surface area contributed by atoms with Crippen LogP contribution in [0.1, 0.15) is 46.8 Å². The molecule has 4 aromatic rings. The smallest absolute Gasteiger partial charge is 0.416 e. The van der Waals surface area contributed by atoms with Crippen LogP contribution in [0.3, 0.4) is 0 Å². The number of carboxylic acids is 1. The zero-order valence-electron chi connectivity index (χ0n) is 26.9. The fraction of sp³-hybridized carbons (Fsp3) is 0.243. The average Bonchev–Trinajstić information content (AvgIpc) is 3.32. The molecule has 1 aliphatic rings. The number of benzene rings is 4. The average molecular weight is 728 g/mol. The number of carbonyl (C=O) groups excluding carboxylic acids is 3. The fourth-order valence-corrected chi connectivity index (χ4v) is 5.92. The van der Waals surface area contributed by atoms with E-state index in [2.05, 4.69) is 0 Å². The van der Waals surface area contributed by atoms with Crippen LogP contribution in [-0.4, -0.2) is 42.8 Å². The van der Waals surface area contributed by atoms with Gasteiger partial charge in [0.1, 0.15) is 11.9 Å². The lowest BCUT2D eigenvalue weighted by atomic mass is 9.88. The number of anilines is 1. The summed E-state index contributed by atoms with van der Waals surface area (Å²) in [6, 6.07) is 23.2. The monoisotopic (exact) mass is 727 g/mol. The Hall–Kier alpha value is -5.43. The van der Waals surface area contributed by atoms with Gasteiger partial charge >= 0.3 is 24.1 Å². The molecule has 1 aliphatic heterocycles. The number of methoxy groups -OCH3 is 1. The first-order valence-electron chi connectivity index (χ1n) is 15.5. The van der Waals surface area contributed by atoms with E-state index in [0.29, 0.717) is 22.6 Å². The largest absolute Gasteiger partial charge is 0.496 e. The molecule has 3 atom stereocenters. The molecule has 0 spiro atoms. The molecule has 0 fully saturated rings. The normalized spacial score (nSPS) is 16.6. The standard InChI is InChI=1S/C37H30ClF4NO8/c1-49-30-16-13-25(38)20-28(30)36(39)27-15-12-24(37(40,41)42)19-29(27)43(35(36)48)21-50-33(46)26(14-17-32(44)45)34(47)51-31(23-10-6-3-7-11-23)18-22-8-4-2-5-9-22/h2-13,15-16,19-20,26,31H,14,17-18,21H2,1H3,(H,44,45). The molecule has 4 aromatic carbocycles. The Morgan fingerprint density at radius 1 is 0.902 bits per heavy atom. The van der Waals surface area contributed by atoms with Crippen molar-refractivity contribution in [3.63, 3.8) is 0 Å². The van der Waals surface area contributed by atoms with Gasteiger partial charge in [-0.15, -0.1) is 0 Å². The molecule has 0 radical (unpaired) electrons. The van der Waals surface area contributed by atoms with Gasteiger partial charge in [-0.25, -0.2) is 4.39 Å². The molecule has 0 bridgehead atoms. The molecule has 1 amide bonds. The van der Waals surface area contributed by atoms with Crippen molar-refractivity contribution in [1.29, 1.82) is 0 Å². The lowest BCUT2D eigenvalue weighted by Crippen LogP contribution is -2.41. The number of ether oxygens (including phenoxy) is 3. The summed E-state index contributed by atoms with van der Waals surface area (Å²) in [4.78, 5) is 52.9. The number of hydrogen-bond donors (Lipinski definition) is 1. The van der Waals surface area contributed by atoms with E-state index in [9.17, 15) is 37.5 Å². The molecule has 51 heavy (non-hydrogen) atoms. The third-order valence-corrected chi connectivity index (χ3v) is 8.54. The Kier molecular flexibility index (Phi) is 11.0. The second kappa shape index (κ2) is 15.2. The van der Waals surface area contributed by atoms with E-state index < -0.39 is 89.6 Å². The van der Waals surface area contributed by atoms with Gasteiger partial charge in [0.2, 0.25) is 5.67 Å². The molecule has 3 unspecified atom stereocenters. The predicted molar refractivity (Wildman–Crippen MR) is 176 cm³/mol. The number of carbonyl (C=O) groups is 4. The molecule has 0 saturated carbocycles. The van der Waals surface area contributed by atoms with Crippen LogP contribution in [-0.2, 0) is 46.9 Å². The third kappa shape index (κ3) is 7.99. The molecule has 14 heteroatoms. The zero-order chi connectivity index (χ0) is 36.9. The highest BCUT2D eigenvalue weighted by molar-refractivity contribution is 6.30. The van der Waals surface area contributed by atoms with Crippen molar-refractivity contribution in [2.45, 2.75) is 37.2 Å². The van der Waals surface area contributed by atoms with Crippen molar-refractivity contribution in [3.8, 4) is 5.75 Å². The number of carboxylic acid groups (broad SMARTS) is 1. The van der Waals surface area contributed by atoms with Gasteiger partial charge in [-0.1, -0.05) is 78.3 Å². The summed E-state index contributed by atoms with van der Waals surface area (Å²) in [7, 11) is 1.20. The van der Waals surface area contributed by atoms with Crippen LogP contribution in [0.25, 0.3) is 0 Å². The van der Waals surface area contributed by atoms with E-state index in [4.69, 9.17) is 25.8 Å². The summed E-state index contributed by atoms with van der Waals surface area (Å²) in [5, 5.41) is 9.33. The first-order chi connectivity index (χ1) is 24.2. The van der Waals surface area contributed by atoms with Crippen molar-refractivity contribution >= 4 is 41.1 Å². The molecule has 0 aliphatic carbocycles. The highest BCUT2D eigenvalue weighted by Crippen LogP contribution is 2.51. The second-order valence-corrected chi connectivity index (χ2v) is 12.0. The van der Waals surface area contributed by atoms with Gasteiger partial charge in [0, 0.05) is 29.0 Å². The minimum absolute atomic E-state index is 0.00480. The van der Waals surface area contributed by atoms with Crippen LogP contribution in [0.2, 0.25) is 5.02 Å². The number of nitrogens with zero attached hydrogens (tertiary/aromatic N) is 1. The summed E-state index contributed by atoms with van der Waals surface area (Å²) in [6.07, 6.45) is -6.84. The van der Waals surface area contributed by atoms with Gasteiger partial charge in [0.25, 0.3) is 5.91 Å². The highest BCUT2D eigenvalue weighted by Gasteiger charge is 2.56. The van der Waals surface area contributed by atoms with Crippen molar-refractivity contribution in [2.75, 3.05) is 18.7 Å². The van der Waals surface area contributed by atoms with Crippen LogP contribution in [0.4, 0.5) is 23.2 Å². The van der Waals surface area contributed by atoms with Crippen molar-refractivity contribution in [2.24, 2.45) is 5.92 Å². The molecule has 266 valence electrons. The van der Waals surface area contributed by atoms with Gasteiger partial charge in [-0.05, 0) is 47.9 Å². The Balaban J connectivity index is 1.45. The Bertz CT molecular complexity index is 1930. The number of amides is 1. The Labute approximate surface area is 294 Å². The second-order valence-electron chi connectivity index (χ2n) is 11.6. The maximum Gasteiger partial charge on any atom is 0.416 e. The topological polar surface area (TPSA) is 119 Å². The van der Waals surface area contributed by atoms with E-state index in [1.807, 2.05) is 0 Å². The third-order valence-electron chi connectivity index (χ3n) is 8.31. The van der Waals surface area contributed by atoms with E-state index in [0.717, 1.165) is 17.7 Å². The lowest BCUT2D eigenvalue weighted by molar-refractivity contribution is -0.166. The van der Waals surface area contributed by atoms with Crippen LogP contribution < -0.4 is 9.64 Å². The molecule has 0 saturated heterocycles. The maximum absolute atomic E-state index is 17.2. The fourth-order valence-electron chi connectivity index (χ4n) is 5.75. The Morgan fingerprint density at radius 2 is 1.57 bits per heavy atom. The summed E-state index contributed by atoms with van der Waals surface area (Å²) in [6.45, 7) is -1.14. The highest BCUT2D eigenvalue weighted by atomic mass is 35.5. The van der Waals surface area contributed by atoms with E-state index in [-0.39, 0.29) is 17.2 Å². The van der Waals surface area contributed by atoms with Crippen LogP contribution in [0, 0.1) is 5.92 Å². The van der Waals surface area contributed by atoms with Crippen molar-refractivity contribution < 1.29 is 56.1 Å². The first kappa shape index (κ1) is 36.8. The van der Waals surface area contributed by atoms with Gasteiger partial charge in [-0.3, -0.25) is 24.1 Å². The minimum atomic E-state index is -4.89. The predicted octanol–water partition coefficient (Wildman–Crippen LogP) is 7.44. The minimum Gasteiger partial charge on any atom is -0.496 e. The summed E-state index contributed by atoms with van der Waals surface area (Å²) < 4.78 is 74.7. The number of halogens is 5. The number of rotatable bonds is 13. The van der Waals surface area contributed by atoms with Gasteiger partial charge in [-0.2, -0.15) is 13.2 Å². The number of alkyl halides is 4. The number of aliphatic carboxylic acids is 1. The van der Waals surface area contributed by atoms with Gasteiger partial charge in [0.15, 0.2) is 12.6 Å². The Morgan fingerprint density at radius 3 is 2.20 bits per heavy atom. The summed E-state index contributed by atoms with van der Waals surface area (Å²) in [5.41, 5.74) is -4.47. The van der Waals surface area contributed by atoms with Crippen LogP contribution in [0.15, 0.2) is 97.1 Å². The molecule has 1 heterocycles. The van der Waals surface area contributed by atoms with Crippen molar-refractivity contribution in [3.05, 3.63) is 130 Å². The zero-order valence-corrected chi connectivity index (χ0v) is 27.6. The molecule has 0 aromatic heterocycles. The van der Waals surface area contributed by atoms with Gasteiger partial charge in [0.05, 0.1) is 18.4 Å². The molecular weight excluding hydrogens is 698 g/mol. The maximum atomic E-state index is 17.2. The number of esters is 2. The quantitative estimate of drug-likeness (QED) is 0.0858. The summed E-state index contributed by atoms with van der Waals surface area (Å²) in [5.74, 6) is -7.22. The number of hydrogen-bond acceptors (Lipinski definition) is 7. The van der Waals surface area contributed by atoms with E-state index >= 15 is 4.39 Å². The van der Waals surface area contributed by atoms with Crippen molar-refractivity contribution in [1.82, 2.24) is 0 Å².